The Bertz CT molecular complexity index is 328. The number of sulfonamides is 1. The van der Waals surface area contributed by atoms with Gasteiger partial charge in [-0.15, -0.1) is 0 Å². The number of rotatable bonds is 5. The molecule has 0 aromatic rings. The second-order valence-electron chi connectivity index (χ2n) is 3.58. The molecule has 15 heavy (non-hydrogen) atoms. The van der Waals surface area contributed by atoms with Gasteiger partial charge in [0.2, 0.25) is 10.0 Å². The molecule has 2 N–H and O–H groups in total. The van der Waals surface area contributed by atoms with Crippen molar-refractivity contribution in [2.45, 2.75) is 30.6 Å². The van der Waals surface area contributed by atoms with Crippen LogP contribution in [-0.2, 0) is 14.8 Å². The van der Waals surface area contributed by atoms with Gasteiger partial charge in [-0.3, -0.25) is 4.79 Å². The molecule has 2 atom stereocenters. The van der Waals surface area contributed by atoms with Crippen LogP contribution < -0.4 is 4.72 Å². The minimum atomic E-state index is -3.67. The summed E-state index contributed by atoms with van der Waals surface area (Å²) in [6, 6.07) is -0.107. The van der Waals surface area contributed by atoms with Crippen molar-refractivity contribution in [3.05, 3.63) is 0 Å². The molecule has 1 aliphatic carbocycles. The standard InChI is InChI=1S/C8H15NO4S2/c1-14-7-4-2-3-6(7)9-15(12,13)5-8(10)11/h6-7,9H,2-5H2,1H3,(H,10,11). The Hall–Kier alpha value is -0.270. The Labute approximate surface area is 93.7 Å². The van der Waals surface area contributed by atoms with Crippen LogP contribution in [0.25, 0.3) is 0 Å². The lowest BCUT2D eigenvalue weighted by Crippen LogP contribution is -2.41. The van der Waals surface area contributed by atoms with Gasteiger partial charge in [-0.05, 0) is 19.1 Å². The fourth-order valence-electron chi connectivity index (χ4n) is 1.78. The van der Waals surface area contributed by atoms with E-state index in [1.54, 1.807) is 11.8 Å². The van der Waals surface area contributed by atoms with Gasteiger partial charge in [0.25, 0.3) is 0 Å². The number of nitrogens with one attached hydrogen (secondary N) is 1. The number of aliphatic carboxylic acids is 1. The molecular formula is C8H15NO4S2. The van der Waals surface area contributed by atoms with Crippen LogP contribution in [0.15, 0.2) is 0 Å². The smallest absolute Gasteiger partial charge is 0.320 e. The molecule has 1 rings (SSSR count). The number of thioether (sulfide) groups is 1. The maximum absolute atomic E-state index is 11.4. The highest BCUT2D eigenvalue weighted by Gasteiger charge is 2.30. The topological polar surface area (TPSA) is 83.5 Å². The summed E-state index contributed by atoms with van der Waals surface area (Å²) in [6.45, 7) is 0. The van der Waals surface area contributed by atoms with Crippen molar-refractivity contribution in [3.63, 3.8) is 0 Å². The first-order valence-electron chi connectivity index (χ1n) is 4.69. The van der Waals surface area contributed by atoms with E-state index < -0.39 is 21.7 Å². The molecule has 0 aliphatic heterocycles. The van der Waals surface area contributed by atoms with Crippen LogP contribution in [0.2, 0.25) is 0 Å². The molecule has 88 valence electrons. The maximum atomic E-state index is 11.4. The van der Waals surface area contributed by atoms with E-state index in [4.69, 9.17) is 5.11 Å². The van der Waals surface area contributed by atoms with Crippen LogP contribution in [0.3, 0.4) is 0 Å². The fourth-order valence-corrected chi connectivity index (χ4v) is 3.95. The van der Waals surface area contributed by atoms with E-state index in [-0.39, 0.29) is 11.3 Å². The quantitative estimate of drug-likeness (QED) is 0.735. The molecule has 0 heterocycles. The van der Waals surface area contributed by atoms with Crippen LogP contribution in [0.5, 0.6) is 0 Å². The molecule has 1 fully saturated rings. The molecule has 1 aliphatic rings. The Morgan fingerprint density at radius 2 is 2.20 bits per heavy atom. The molecule has 0 bridgehead atoms. The van der Waals surface area contributed by atoms with Crippen molar-refractivity contribution >= 4 is 27.8 Å². The van der Waals surface area contributed by atoms with Gasteiger partial charge < -0.3 is 5.11 Å². The number of hydrogen-bond acceptors (Lipinski definition) is 4. The van der Waals surface area contributed by atoms with Crippen LogP contribution in [-0.4, -0.2) is 42.8 Å². The summed E-state index contributed by atoms with van der Waals surface area (Å²) in [7, 11) is -3.67. The lowest BCUT2D eigenvalue weighted by atomic mass is 10.3. The van der Waals surface area contributed by atoms with Gasteiger partial charge in [0.05, 0.1) is 0 Å². The third-order valence-electron chi connectivity index (χ3n) is 2.40. The van der Waals surface area contributed by atoms with Gasteiger partial charge in [0.15, 0.2) is 5.75 Å². The van der Waals surface area contributed by atoms with Gasteiger partial charge in [-0.25, -0.2) is 13.1 Å². The van der Waals surface area contributed by atoms with E-state index in [1.807, 2.05) is 6.26 Å². The summed E-state index contributed by atoms with van der Waals surface area (Å²) in [5.41, 5.74) is 0. The van der Waals surface area contributed by atoms with E-state index in [2.05, 4.69) is 4.72 Å². The molecule has 7 heteroatoms. The Kier molecular flexibility index (Phi) is 4.42. The third kappa shape index (κ3) is 4.00. The first kappa shape index (κ1) is 12.8. The highest BCUT2D eigenvalue weighted by Crippen LogP contribution is 2.28. The first-order chi connectivity index (χ1) is 6.94. The van der Waals surface area contributed by atoms with Gasteiger partial charge in [-0.1, -0.05) is 6.42 Å². The highest BCUT2D eigenvalue weighted by atomic mass is 32.2. The molecule has 0 saturated heterocycles. The van der Waals surface area contributed by atoms with Crippen molar-refractivity contribution in [1.29, 1.82) is 0 Å². The largest absolute Gasteiger partial charge is 0.480 e. The molecule has 2 unspecified atom stereocenters. The molecule has 0 aromatic heterocycles. The zero-order valence-corrected chi connectivity index (χ0v) is 10.1. The van der Waals surface area contributed by atoms with E-state index in [9.17, 15) is 13.2 Å². The molecule has 0 amide bonds. The van der Waals surface area contributed by atoms with Crippen molar-refractivity contribution in [2.24, 2.45) is 0 Å². The average molecular weight is 253 g/mol. The zero-order valence-electron chi connectivity index (χ0n) is 8.47. The Morgan fingerprint density at radius 3 is 2.73 bits per heavy atom. The van der Waals surface area contributed by atoms with Crippen molar-refractivity contribution in [1.82, 2.24) is 4.72 Å². The van der Waals surface area contributed by atoms with E-state index in [1.165, 1.54) is 0 Å². The molecule has 1 saturated carbocycles. The summed E-state index contributed by atoms with van der Waals surface area (Å²) in [4.78, 5) is 10.3. The maximum Gasteiger partial charge on any atom is 0.320 e. The predicted molar refractivity (Wildman–Crippen MR) is 59.5 cm³/mol. The van der Waals surface area contributed by atoms with Crippen LogP contribution in [0.4, 0.5) is 0 Å². The predicted octanol–water partition coefficient (Wildman–Crippen LogP) is 0.274. The summed E-state index contributed by atoms with van der Waals surface area (Å²) < 4.78 is 25.2. The molecule has 0 aromatic carbocycles. The number of hydrogen-bond donors (Lipinski definition) is 2. The molecule has 5 nitrogen and oxygen atoms in total. The van der Waals surface area contributed by atoms with Gasteiger partial charge >= 0.3 is 5.97 Å². The third-order valence-corrected chi connectivity index (χ3v) is 4.86. The lowest BCUT2D eigenvalue weighted by Gasteiger charge is -2.18. The van der Waals surface area contributed by atoms with E-state index in [0.29, 0.717) is 0 Å². The normalized spacial score (nSPS) is 26.7. The number of carboxylic acids is 1. The van der Waals surface area contributed by atoms with Gasteiger partial charge in [-0.2, -0.15) is 11.8 Å². The SMILES string of the molecule is CSC1CCCC1NS(=O)(=O)CC(=O)O. The number of carbonyl (C=O) groups is 1. The van der Waals surface area contributed by atoms with E-state index in [0.717, 1.165) is 19.3 Å². The van der Waals surface area contributed by atoms with E-state index >= 15 is 0 Å². The summed E-state index contributed by atoms with van der Waals surface area (Å²) in [6.07, 6.45) is 4.71. The minimum absolute atomic E-state index is 0.107. The second-order valence-corrected chi connectivity index (χ2v) is 6.41. The summed E-state index contributed by atoms with van der Waals surface area (Å²) in [5, 5.41) is 8.69. The summed E-state index contributed by atoms with van der Waals surface area (Å²) in [5.74, 6) is -2.16. The monoisotopic (exact) mass is 253 g/mol. The highest BCUT2D eigenvalue weighted by molar-refractivity contribution is 7.99. The fraction of sp³-hybridized carbons (Fsp3) is 0.875. The van der Waals surface area contributed by atoms with Crippen LogP contribution in [0, 0.1) is 0 Å². The van der Waals surface area contributed by atoms with Gasteiger partial charge in [0.1, 0.15) is 0 Å². The van der Waals surface area contributed by atoms with Crippen molar-refractivity contribution in [2.75, 3.05) is 12.0 Å². The summed E-state index contributed by atoms with van der Waals surface area (Å²) >= 11 is 1.63. The van der Waals surface area contributed by atoms with Crippen LogP contribution in [0.1, 0.15) is 19.3 Å². The Morgan fingerprint density at radius 1 is 1.53 bits per heavy atom. The Balaban J connectivity index is 2.57. The molecule has 0 spiro atoms. The first-order valence-corrected chi connectivity index (χ1v) is 7.63. The lowest BCUT2D eigenvalue weighted by molar-refractivity contribution is -0.134. The molecular weight excluding hydrogens is 238 g/mol. The second kappa shape index (κ2) is 5.18. The zero-order chi connectivity index (χ0) is 11.5. The minimum Gasteiger partial charge on any atom is -0.480 e. The average Bonchev–Trinajstić information content (AvgIpc) is 2.48. The van der Waals surface area contributed by atoms with Crippen molar-refractivity contribution in [3.8, 4) is 0 Å². The van der Waals surface area contributed by atoms with Gasteiger partial charge in [0, 0.05) is 11.3 Å². The van der Waals surface area contributed by atoms with Crippen molar-refractivity contribution < 1.29 is 18.3 Å². The van der Waals surface area contributed by atoms with Crippen LogP contribution >= 0.6 is 11.8 Å². The number of carboxylic acid groups (broad SMARTS) is 1. The molecule has 0 radical (unpaired) electrons.